The Morgan fingerprint density at radius 2 is 2.12 bits per heavy atom. The lowest BCUT2D eigenvalue weighted by Gasteiger charge is -2.12. The minimum absolute atomic E-state index is 0.530. The number of aromatic nitrogens is 2. The molecule has 0 amide bonds. The van der Waals surface area contributed by atoms with Crippen LogP contribution >= 0.6 is 0 Å². The van der Waals surface area contributed by atoms with Crippen molar-refractivity contribution in [2.75, 3.05) is 20.2 Å². The third-order valence-corrected chi connectivity index (χ3v) is 4.16. The SMILES string of the molecule is CCCCNC(=NCc1c(CC)nn(C)c1OC)NCCc1ccco1. The van der Waals surface area contributed by atoms with Crippen molar-refractivity contribution in [3.63, 3.8) is 0 Å². The van der Waals surface area contributed by atoms with Crippen LogP contribution in [0.25, 0.3) is 0 Å². The van der Waals surface area contributed by atoms with E-state index in [1.54, 1.807) is 18.1 Å². The van der Waals surface area contributed by atoms with Gasteiger partial charge in [-0.25, -0.2) is 9.67 Å². The van der Waals surface area contributed by atoms with Crippen molar-refractivity contribution in [1.82, 2.24) is 20.4 Å². The molecule has 0 atom stereocenters. The summed E-state index contributed by atoms with van der Waals surface area (Å²) in [5.74, 6) is 2.54. The molecule has 0 aliphatic rings. The largest absolute Gasteiger partial charge is 0.481 e. The highest BCUT2D eigenvalue weighted by molar-refractivity contribution is 5.79. The fourth-order valence-electron chi connectivity index (χ4n) is 2.78. The van der Waals surface area contributed by atoms with Gasteiger partial charge in [0.25, 0.3) is 0 Å². The standard InChI is InChI=1S/C19H31N5O2/c1-5-7-11-20-19(21-12-10-15-9-8-13-26-15)22-14-16-17(6-2)23-24(3)18(16)25-4/h8-9,13H,5-7,10-12,14H2,1-4H3,(H2,20,21,22). The van der Waals surface area contributed by atoms with E-state index < -0.39 is 0 Å². The molecule has 7 heteroatoms. The predicted molar refractivity (Wildman–Crippen MR) is 104 cm³/mol. The normalized spacial score (nSPS) is 11.6. The summed E-state index contributed by atoms with van der Waals surface area (Å²) in [6, 6.07) is 3.89. The molecule has 144 valence electrons. The highest BCUT2D eigenvalue weighted by Gasteiger charge is 2.15. The van der Waals surface area contributed by atoms with Crippen molar-refractivity contribution >= 4 is 5.96 Å². The van der Waals surface area contributed by atoms with Gasteiger partial charge in [-0.1, -0.05) is 20.3 Å². The second-order valence-corrected chi connectivity index (χ2v) is 6.11. The number of hydrogen-bond acceptors (Lipinski definition) is 4. The molecule has 0 fully saturated rings. The summed E-state index contributed by atoms with van der Waals surface area (Å²) in [5.41, 5.74) is 2.07. The molecule has 0 bridgehead atoms. The highest BCUT2D eigenvalue weighted by atomic mass is 16.5. The quantitative estimate of drug-likeness (QED) is 0.386. The molecular formula is C19H31N5O2. The fraction of sp³-hybridized carbons (Fsp3) is 0.579. The van der Waals surface area contributed by atoms with Gasteiger partial charge in [-0.15, -0.1) is 0 Å². The molecule has 2 aromatic heterocycles. The zero-order valence-electron chi connectivity index (χ0n) is 16.3. The summed E-state index contributed by atoms with van der Waals surface area (Å²) < 4.78 is 12.7. The minimum atomic E-state index is 0.530. The number of methoxy groups -OCH3 is 1. The number of rotatable bonds is 10. The van der Waals surface area contributed by atoms with Gasteiger partial charge in [0.1, 0.15) is 5.76 Å². The van der Waals surface area contributed by atoms with E-state index in [1.165, 1.54) is 0 Å². The van der Waals surface area contributed by atoms with E-state index in [0.29, 0.717) is 6.54 Å². The molecule has 0 aliphatic heterocycles. The third-order valence-electron chi connectivity index (χ3n) is 4.16. The molecule has 0 aliphatic carbocycles. The topological polar surface area (TPSA) is 76.6 Å². The van der Waals surface area contributed by atoms with E-state index in [4.69, 9.17) is 14.1 Å². The average molecular weight is 361 g/mol. The van der Waals surface area contributed by atoms with Gasteiger partial charge in [0.15, 0.2) is 5.96 Å². The van der Waals surface area contributed by atoms with Gasteiger partial charge >= 0.3 is 0 Å². The lowest BCUT2D eigenvalue weighted by Crippen LogP contribution is -2.39. The summed E-state index contributed by atoms with van der Waals surface area (Å²) in [4.78, 5) is 4.75. The first-order chi connectivity index (χ1) is 12.7. The third kappa shape index (κ3) is 5.54. The smallest absolute Gasteiger partial charge is 0.216 e. The Bertz CT molecular complexity index is 676. The molecule has 2 aromatic rings. The highest BCUT2D eigenvalue weighted by Crippen LogP contribution is 2.22. The molecule has 0 spiro atoms. The summed E-state index contributed by atoms with van der Waals surface area (Å²) >= 11 is 0. The first-order valence-electron chi connectivity index (χ1n) is 9.32. The number of hydrogen-bond donors (Lipinski definition) is 2. The summed E-state index contributed by atoms with van der Waals surface area (Å²) in [5, 5.41) is 11.3. The Balaban J connectivity index is 2.03. The van der Waals surface area contributed by atoms with Gasteiger partial charge in [-0.05, 0) is 25.0 Å². The molecule has 0 unspecified atom stereocenters. The van der Waals surface area contributed by atoms with Gasteiger partial charge < -0.3 is 19.8 Å². The Hall–Kier alpha value is -2.44. The second kappa shape index (κ2) is 10.5. The van der Waals surface area contributed by atoms with Crippen LogP contribution in [0.2, 0.25) is 0 Å². The van der Waals surface area contributed by atoms with Crippen molar-refractivity contribution < 1.29 is 9.15 Å². The first-order valence-corrected chi connectivity index (χ1v) is 9.32. The van der Waals surface area contributed by atoms with E-state index in [9.17, 15) is 0 Å². The number of guanidine groups is 1. The zero-order valence-corrected chi connectivity index (χ0v) is 16.3. The van der Waals surface area contributed by atoms with Crippen LogP contribution in [0.5, 0.6) is 5.88 Å². The Morgan fingerprint density at radius 1 is 1.31 bits per heavy atom. The molecule has 7 nitrogen and oxygen atoms in total. The predicted octanol–water partition coefficient (Wildman–Crippen LogP) is 2.66. The average Bonchev–Trinajstić information content (AvgIpc) is 3.26. The minimum Gasteiger partial charge on any atom is -0.481 e. The van der Waals surface area contributed by atoms with E-state index in [-0.39, 0.29) is 0 Å². The van der Waals surface area contributed by atoms with Crippen molar-refractivity contribution in [2.24, 2.45) is 12.0 Å². The van der Waals surface area contributed by atoms with Crippen LogP contribution in [0, 0.1) is 0 Å². The molecule has 0 saturated carbocycles. The second-order valence-electron chi connectivity index (χ2n) is 6.11. The number of aryl methyl sites for hydroxylation is 2. The van der Waals surface area contributed by atoms with Gasteiger partial charge in [0.05, 0.1) is 31.2 Å². The maximum atomic E-state index is 5.50. The number of unbranched alkanes of at least 4 members (excludes halogenated alkanes) is 1. The van der Waals surface area contributed by atoms with Crippen molar-refractivity contribution in [1.29, 1.82) is 0 Å². The van der Waals surface area contributed by atoms with Crippen molar-refractivity contribution in [3.05, 3.63) is 35.4 Å². The van der Waals surface area contributed by atoms with Gasteiger partial charge in [-0.2, -0.15) is 5.10 Å². The monoisotopic (exact) mass is 361 g/mol. The van der Waals surface area contributed by atoms with Crippen molar-refractivity contribution in [3.8, 4) is 5.88 Å². The summed E-state index contributed by atoms with van der Waals surface area (Å²) in [6.45, 7) is 6.46. The van der Waals surface area contributed by atoms with E-state index in [0.717, 1.165) is 67.6 Å². The maximum absolute atomic E-state index is 5.50. The molecule has 0 saturated heterocycles. The van der Waals surface area contributed by atoms with Crippen LogP contribution < -0.4 is 15.4 Å². The Labute approximate surface area is 155 Å². The van der Waals surface area contributed by atoms with E-state index >= 15 is 0 Å². The van der Waals surface area contributed by atoms with Crippen LogP contribution in [0.15, 0.2) is 27.8 Å². The lowest BCUT2D eigenvalue weighted by molar-refractivity contribution is 0.369. The first kappa shape index (κ1) is 19.9. The maximum Gasteiger partial charge on any atom is 0.216 e. The van der Waals surface area contributed by atoms with Crippen LogP contribution in [-0.2, 0) is 26.4 Å². The molecule has 26 heavy (non-hydrogen) atoms. The van der Waals surface area contributed by atoms with Gasteiger partial charge in [0, 0.05) is 26.6 Å². The fourth-order valence-corrected chi connectivity index (χ4v) is 2.78. The number of nitrogens with one attached hydrogen (secondary N) is 2. The van der Waals surface area contributed by atoms with E-state index in [2.05, 4.69) is 29.6 Å². The van der Waals surface area contributed by atoms with Gasteiger partial charge in [0.2, 0.25) is 5.88 Å². The summed E-state index contributed by atoms with van der Waals surface area (Å²) in [7, 11) is 3.57. The molecule has 2 N–H and O–H groups in total. The summed E-state index contributed by atoms with van der Waals surface area (Å²) in [6.07, 6.45) is 5.62. The van der Waals surface area contributed by atoms with Crippen LogP contribution in [0.3, 0.4) is 0 Å². The number of furan rings is 1. The van der Waals surface area contributed by atoms with Crippen LogP contribution in [0.1, 0.15) is 43.7 Å². The van der Waals surface area contributed by atoms with Gasteiger partial charge in [-0.3, -0.25) is 0 Å². The van der Waals surface area contributed by atoms with Crippen LogP contribution in [-0.4, -0.2) is 35.9 Å². The molecule has 0 radical (unpaired) electrons. The number of nitrogens with zero attached hydrogens (tertiary/aromatic N) is 3. The Kier molecular flexibility index (Phi) is 8.05. The zero-order chi connectivity index (χ0) is 18.8. The van der Waals surface area contributed by atoms with Crippen molar-refractivity contribution in [2.45, 2.75) is 46.1 Å². The molecule has 2 rings (SSSR count). The Morgan fingerprint density at radius 3 is 2.77 bits per heavy atom. The van der Waals surface area contributed by atoms with Crippen LogP contribution in [0.4, 0.5) is 0 Å². The number of aliphatic imine (C=N–C) groups is 1. The molecule has 2 heterocycles. The number of ether oxygens (including phenoxy) is 1. The molecular weight excluding hydrogens is 330 g/mol. The lowest BCUT2D eigenvalue weighted by atomic mass is 10.2. The van der Waals surface area contributed by atoms with E-state index in [1.807, 2.05) is 19.2 Å². The molecule has 0 aromatic carbocycles.